The fourth-order valence-corrected chi connectivity index (χ4v) is 0.760. The first kappa shape index (κ1) is 13.4. The third-order valence-corrected chi connectivity index (χ3v) is 1.25. The number of nitrogens with zero attached hydrogens (tertiary/aromatic N) is 1. The molecule has 0 bridgehead atoms. The number of hydrogen-bond acceptors (Lipinski definition) is 5. The van der Waals surface area contributed by atoms with E-state index in [9.17, 15) is 0 Å². The van der Waals surface area contributed by atoms with Crippen molar-refractivity contribution in [3.05, 3.63) is 0 Å². The molecule has 5 nitrogen and oxygen atoms in total. The largest absolute Gasteiger partial charge is 0.870 e. The van der Waals surface area contributed by atoms with Gasteiger partial charge in [0, 0.05) is 19.6 Å². The van der Waals surface area contributed by atoms with Gasteiger partial charge in [-0.3, -0.25) is 4.90 Å². The molecule has 0 unspecified atom stereocenters. The van der Waals surface area contributed by atoms with Gasteiger partial charge in [-0.2, -0.15) is 0 Å². The summed E-state index contributed by atoms with van der Waals surface area (Å²) in [5.74, 6) is 0. The zero-order valence-electron chi connectivity index (χ0n) is 6.48. The first-order valence-electron chi connectivity index (χ1n) is 3.40. The molecule has 0 aliphatic rings. The molecule has 0 aliphatic heterocycles. The van der Waals surface area contributed by atoms with Crippen LogP contribution in [0.15, 0.2) is 0 Å². The van der Waals surface area contributed by atoms with Gasteiger partial charge in [-0.1, -0.05) is 0 Å². The van der Waals surface area contributed by atoms with Gasteiger partial charge < -0.3 is 20.8 Å². The summed E-state index contributed by atoms with van der Waals surface area (Å²) < 4.78 is 0. The zero-order valence-corrected chi connectivity index (χ0v) is 6.48. The summed E-state index contributed by atoms with van der Waals surface area (Å²) in [5.41, 5.74) is 0. The molecule has 0 atom stereocenters. The second-order valence-electron chi connectivity index (χ2n) is 2.01. The molecule has 5 heteroatoms. The van der Waals surface area contributed by atoms with Gasteiger partial charge in [0.2, 0.25) is 0 Å². The first-order chi connectivity index (χ1) is 4.85. The van der Waals surface area contributed by atoms with Gasteiger partial charge in [0.25, 0.3) is 0 Å². The lowest BCUT2D eigenvalue weighted by atomic mass is 10.4. The van der Waals surface area contributed by atoms with E-state index in [1.165, 1.54) is 0 Å². The predicted octanol–water partition coefficient (Wildman–Crippen LogP) is -1.91. The minimum absolute atomic E-state index is 0. The molecule has 0 aromatic carbocycles. The molecule has 0 fully saturated rings. The maximum atomic E-state index is 8.48. The molecule has 70 valence electrons. The highest BCUT2D eigenvalue weighted by molar-refractivity contribution is 4.54. The van der Waals surface area contributed by atoms with E-state index in [-0.39, 0.29) is 25.3 Å². The number of rotatable bonds is 6. The van der Waals surface area contributed by atoms with Gasteiger partial charge in [-0.05, 0) is 0 Å². The summed E-state index contributed by atoms with van der Waals surface area (Å²) in [7, 11) is 0. The maximum absolute atomic E-state index is 8.48. The van der Waals surface area contributed by atoms with Gasteiger partial charge in [-0.25, -0.2) is 0 Å². The number of aliphatic hydroxyl groups excluding tert-OH is 3. The maximum Gasteiger partial charge on any atom is 0.0558 e. The molecule has 0 radical (unpaired) electrons. The van der Waals surface area contributed by atoms with Crippen molar-refractivity contribution < 1.29 is 20.8 Å². The fourth-order valence-electron chi connectivity index (χ4n) is 0.760. The highest BCUT2D eigenvalue weighted by atomic mass is 16.3. The molecule has 0 spiro atoms. The Morgan fingerprint density at radius 1 is 0.727 bits per heavy atom. The summed E-state index contributed by atoms with van der Waals surface area (Å²) in [5, 5.41) is 25.5. The normalized spacial score (nSPS) is 9.82. The fraction of sp³-hybridized carbons (Fsp3) is 1.00. The van der Waals surface area contributed by atoms with Crippen LogP contribution in [0.4, 0.5) is 0 Å². The van der Waals surface area contributed by atoms with Crippen molar-refractivity contribution in [3.63, 3.8) is 0 Å². The average molecular weight is 166 g/mol. The SMILES string of the molecule is OCCN(CCO)CCO.[OH-]. The molecule has 0 amide bonds. The van der Waals surface area contributed by atoms with E-state index in [4.69, 9.17) is 15.3 Å². The molecule has 0 aromatic rings. The van der Waals surface area contributed by atoms with Crippen LogP contribution in [-0.4, -0.2) is 65.2 Å². The quantitative estimate of drug-likeness (QED) is 0.428. The minimum Gasteiger partial charge on any atom is -0.870 e. The van der Waals surface area contributed by atoms with E-state index in [2.05, 4.69) is 0 Å². The molecular weight excluding hydrogens is 150 g/mol. The van der Waals surface area contributed by atoms with Gasteiger partial charge in [0.15, 0.2) is 0 Å². The molecule has 0 saturated heterocycles. The van der Waals surface area contributed by atoms with E-state index in [0.717, 1.165) is 0 Å². The Hall–Kier alpha value is -0.200. The van der Waals surface area contributed by atoms with Crippen LogP contribution in [0.3, 0.4) is 0 Å². The zero-order chi connectivity index (χ0) is 7.82. The van der Waals surface area contributed by atoms with Crippen molar-refractivity contribution in [2.75, 3.05) is 39.5 Å². The van der Waals surface area contributed by atoms with Crippen LogP contribution in [0.1, 0.15) is 0 Å². The molecule has 11 heavy (non-hydrogen) atoms. The second-order valence-corrected chi connectivity index (χ2v) is 2.01. The van der Waals surface area contributed by atoms with Crippen LogP contribution in [0.25, 0.3) is 0 Å². The van der Waals surface area contributed by atoms with Crippen LogP contribution >= 0.6 is 0 Å². The summed E-state index contributed by atoms with van der Waals surface area (Å²) in [4.78, 5) is 1.79. The molecule has 0 saturated carbocycles. The van der Waals surface area contributed by atoms with Crippen LogP contribution in [-0.2, 0) is 0 Å². The Morgan fingerprint density at radius 3 is 1.18 bits per heavy atom. The third-order valence-electron chi connectivity index (χ3n) is 1.25. The average Bonchev–Trinajstić information content (AvgIpc) is 1.90. The highest BCUT2D eigenvalue weighted by Gasteiger charge is 2.00. The van der Waals surface area contributed by atoms with Crippen LogP contribution in [0.2, 0.25) is 0 Å². The summed E-state index contributed by atoms with van der Waals surface area (Å²) in [6, 6.07) is 0. The number of aliphatic hydroxyl groups is 3. The third kappa shape index (κ3) is 7.70. The Labute approximate surface area is 66.2 Å². The molecule has 0 rings (SSSR count). The smallest absolute Gasteiger partial charge is 0.0558 e. The molecule has 0 aliphatic carbocycles. The lowest BCUT2D eigenvalue weighted by Crippen LogP contribution is -2.32. The highest BCUT2D eigenvalue weighted by Crippen LogP contribution is 1.84. The Balaban J connectivity index is 0. The van der Waals surface area contributed by atoms with Crippen molar-refractivity contribution in [1.82, 2.24) is 4.90 Å². The molecule has 0 heterocycles. The van der Waals surface area contributed by atoms with Crippen LogP contribution in [0.5, 0.6) is 0 Å². The van der Waals surface area contributed by atoms with E-state index >= 15 is 0 Å². The lowest BCUT2D eigenvalue weighted by Gasteiger charge is -2.17. The first-order valence-corrected chi connectivity index (χ1v) is 3.40. The summed E-state index contributed by atoms with van der Waals surface area (Å²) >= 11 is 0. The van der Waals surface area contributed by atoms with E-state index in [1.54, 1.807) is 4.90 Å². The predicted molar refractivity (Wildman–Crippen MR) is 39.6 cm³/mol. The van der Waals surface area contributed by atoms with Gasteiger partial charge >= 0.3 is 0 Å². The number of hydrogen-bond donors (Lipinski definition) is 3. The molecular formula is C6H16NO4-. The lowest BCUT2D eigenvalue weighted by molar-refractivity contribution is 0.136. The van der Waals surface area contributed by atoms with E-state index < -0.39 is 0 Å². The van der Waals surface area contributed by atoms with Crippen LogP contribution in [0, 0.1) is 0 Å². The Kier molecular flexibility index (Phi) is 11.9. The van der Waals surface area contributed by atoms with Gasteiger partial charge in [0.05, 0.1) is 19.8 Å². The van der Waals surface area contributed by atoms with Crippen molar-refractivity contribution in [2.45, 2.75) is 0 Å². The summed E-state index contributed by atoms with van der Waals surface area (Å²) in [6.45, 7) is 1.75. The molecule has 0 aromatic heterocycles. The second kappa shape index (κ2) is 9.80. The van der Waals surface area contributed by atoms with E-state index in [0.29, 0.717) is 19.6 Å². The van der Waals surface area contributed by atoms with Gasteiger partial charge in [-0.15, -0.1) is 0 Å². The monoisotopic (exact) mass is 166 g/mol. The van der Waals surface area contributed by atoms with Crippen molar-refractivity contribution in [1.29, 1.82) is 0 Å². The van der Waals surface area contributed by atoms with Crippen LogP contribution < -0.4 is 0 Å². The van der Waals surface area contributed by atoms with Crippen molar-refractivity contribution in [3.8, 4) is 0 Å². The van der Waals surface area contributed by atoms with Crippen molar-refractivity contribution >= 4 is 0 Å². The Morgan fingerprint density at radius 2 is 1.00 bits per heavy atom. The standard InChI is InChI=1S/C6H15NO3.H2O/c8-4-1-7(2-5-9)3-6-10;/h8-10H,1-6H2;1H2/p-1. The summed E-state index contributed by atoms with van der Waals surface area (Å²) in [6.07, 6.45) is 0. The van der Waals surface area contributed by atoms with Gasteiger partial charge in [0.1, 0.15) is 0 Å². The van der Waals surface area contributed by atoms with Crippen molar-refractivity contribution in [2.24, 2.45) is 0 Å². The van der Waals surface area contributed by atoms with E-state index in [1.807, 2.05) is 0 Å². The minimum atomic E-state index is 0. The Bertz CT molecular complexity index is 57.3. The topological polar surface area (TPSA) is 93.9 Å². The molecule has 4 N–H and O–H groups in total.